The minimum atomic E-state index is -0.260. The van der Waals surface area contributed by atoms with Crippen LogP contribution in [0.2, 0.25) is 5.02 Å². The number of aryl methyl sites for hydroxylation is 1. The highest BCUT2D eigenvalue weighted by molar-refractivity contribution is 6.33. The normalized spacial score (nSPS) is 11.8. The van der Waals surface area contributed by atoms with Gasteiger partial charge in [-0.2, -0.15) is 0 Å². The average Bonchev–Trinajstić information content (AvgIpc) is 2.47. The zero-order chi connectivity index (χ0) is 15.4. The predicted octanol–water partition coefficient (Wildman–Crippen LogP) is 3.54. The number of nitrogens with zero attached hydrogens (tertiary/aromatic N) is 1. The Labute approximate surface area is 129 Å². The summed E-state index contributed by atoms with van der Waals surface area (Å²) >= 11 is 6.01. The molecular weight excluding hydrogens is 288 g/mol. The largest absolute Gasteiger partial charge is 0.496 e. The minimum absolute atomic E-state index is 0.205. The van der Waals surface area contributed by atoms with Crippen LogP contribution in [0.3, 0.4) is 0 Å². The number of pyridine rings is 1. The lowest BCUT2D eigenvalue weighted by atomic mass is 10.0. The van der Waals surface area contributed by atoms with Gasteiger partial charge >= 0.3 is 0 Å². The van der Waals surface area contributed by atoms with Crippen LogP contribution in [0.1, 0.15) is 34.5 Å². The topological polar surface area (TPSA) is 51.2 Å². The fourth-order valence-electron chi connectivity index (χ4n) is 2.09. The summed E-state index contributed by atoms with van der Waals surface area (Å²) in [7, 11) is 1.61. The van der Waals surface area contributed by atoms with E-state index in [2.05, 4.69) is 10.3 Å². The number of benzene rings is 1. The van der Waals surface area contributed by atoms with Gasteiger partial charge in [-0.15, -0.1) is 0 Å². The summed E-state index contributed by atoms with van der Waals surface area (Å²) in [6.45, 7) is 3.90. The lowest BCUT2D eigenvalue weighted by molar-refractivity contribution is 0.0939. The van der Waals surface area contributed by atoms with Crippen molar-refractivity contribution in [3.8, 4) is 5.75 Å². The van der Waals surface area contributed by atoms with E-state index in [1.807, 2.05) is 32.0 Å². The maximum absolute atomic E-state index is 12.3. The molecule has 1 N–H and O–H groups in total. The first-order valence-electron chi connectivity index (χ1n) is 6.58. The molecule has 0 fully saturated rings. The molecule has 1 amide bonds. The lowest BCUT2D eigenvalue weighted by Crippen LogP contribution is -2.27. The van der Waals surface area contributed by atoms with Gasteiger partial charge in [-0.05, 0) is 26.0 Å². The van der Waals surface area contributed by atoms with Gasteiger partial charge in [0.05, 0.1) is 23.7 Å². The van der Waals surface area contributed by atoms with E-state index in [-0.39, 0.29) is 11.9 Å². The number of rotatable bonds is 4. The smallest absolute Gasteiger partial charge is 0.254 e. The van der Waals surface area contributed by atoms with Crippen molar-refractivity contribution < 1.29 is 9.53 Å². The lowest BCUT2D eigenvalue weighted by Gasteiger charge is -2.18. The Bertz CT molecular complexity index is 658. The zero-order valence-corrected chi connectivity index (χ0v) is 12.9. The van der Waals surface area contributed by atoms with E-state index < -0.39 is 0 Å². The summed E-state index contributed by atoms with van der Waals surface area (Å²) in [4.78, 5) is 16.2. The second kappa shape index (κ2) is 6.59. The predicted molar refractivity (Wildman–Crippen MR) is 82.9 cm³/mol. The Kier molecular flexibility index (Phi) is 4.81. The van der Waals surface area contributed by atoms with E-state index in [4.69, 9.17) is 16.3 Å². The van der Waals surface area contributed by atoms with Crippen LogP contribution in [0.4, 0.5) is 0 Å². The van der Waals surface area contributed by atoms with Crippen LogP contribution in [0, 0.1) is 6.92 Å². The van der Waals surface area contributed by atoms with Crippen LogP contribution in [-0.4, -0.2) is 18.0 Å². The van der Waals surface area contributed by atoms with Crippen LogP contribution in [0.15, 0.2) is 36.7 Å². The number of hydrogen-bond acceptors (Lipinski definition) is 3. The number of carbonyl (C=O) groups excluding carboxylic acids is 1. The average molecular weight is 305 g/mol. The second-order valence-corrected chi connectivity index (χ2v) is 5.20. The molecule has 0 saturated carbocycles. The summed E-state index contributed by atoms with van der Waals surface area (Å²) in [6, 6.07) is 7.24. The van der Waals surface area contributed by atoms with Crippen molar-refractivity contribution in [3.63, 3.8) is 0 Å². The van der Waals surface area contributed by atoms with Gasteiger partial charge in [0.2, 0.25) is 0 Å². The summed E-state index contributed by atoms with van der Waals surface area (Å²) in [5.41, 5.74) is 2.38. The highest BCUT2D eigenvalue weighted by atomic mass is 35.5. The molecule has 0 spiro atoms. The molecule has 0 radical (unpaired) electrons. The molecular formula is C16H17ClN2O2. The molecule has 4 nitrogen and oxygen atoms in total. The third-order valence-corrected chi connectivity index (χ3v) is 3.54. The minimum Gasteiger partial charge on any atom is -0.496 e. The number of nitrogens with one attached hydrogen (secondary N) is 1. The Balaban J connectivity index is 2.22. The van der Waals surface area contributed by atoms with Gasteiger partial charge in [-0.25, -0.2) is 0 Å². The van der Waals surface area contributed by atoms with Crippen LogP contribution in [-0.2, 0) is 0 Å². The van der Waals surface area contributed by atoms with Gasteiger partial charge in [0.15, 0.2) is 0 Å². The molecule has 1 aromatic heterocycles. The first kappa shape index (κ1) is 15.3. The van der Waals surface area contributed by atoms with E-state index in [9.17, 15) is 4.79 Å². The van der Waals surface area contributed by atoms with Crippen molar-refractivity contribution in [2.75, 3.05) is 7.11 Å². The Hall–Kier alpha value is -2.07. The summed E-state index contributed by atoms with van der Waals surface area (Å²) in [5, 5.41) is 3.29. The van der Waals surface area contributed by atoms with Gasteiger partial charge in [-0.1, -0.05) is 29.3 Å². The molecule has 0 aliphatic carbocycles. The summed E-state index contributed by atoms with van der Waals surface area (Å²) < 4.78 is 5.34. The van der Waals surface area contributed by atoms with Crippen molar-refractivity contribution in [3.05, 3.63) is 58.4 Å². The van der Waals surface area contributed by atoms with Crippen molar-refractivity contribution >= 4 is 17.5 Å². The maximum atomic E-state index is 12.3. The van der Waals surface area contributed by atoms with Gasteiger partial charge < -0.3 is 10.1 Å². The summed E-state index contributed by atoms with van der Waals surface area (Å²) in [6.07, 6.45) is 3.00. The quantitative estimate of drug-likeness (QED) is 0.940. The molecule has 1 unspecified atom stereocenters. The van der Waals surface area contributed by atoms with E-state index >= 15 is 0 Å². The van der Waals surface area contributed by atoms with E-state index in [1.54, 1.807) is 19.4 Å². The maximum Gasteiger partial charge on any atom is 0.254 e. The van der Waals surface area contributed by atoms with Gasteiger partial charge in [-0.3, -0.25) is 9.78 Å². The molecule has 1 heterocycles. The molecule has 0 bridgehead atoms. The van der Waals surface area contributed by atoms with Crippen molar-refractivity contribution in [1.82, 2.24) is 10.3 Å². The van der Waals surface area contributed by atoms with Crippen LogP contribution in [0.5, 0.6) is 5.75 Å². The van der Waals surface area contributed by atoms with Crippen molar-refractivity contribution in [2.24, 2.45) is 0 Å². The first-order valence-corrected chi connectivity index (χ1v) is 6.95. The van der Waals surface area contributed by atoms with Gasteiger partial charge in [0, 0.05) is 18.0 Å². The highest BCUT2D eigenvalue weighted by Gasteiger charge is 2.17. The van der Waals surface area contributed by atoms with Crippen molar-refractivity contribution in [2.45, 2.75) is 19.9 Å². The highest BCUT2D eigenvalue weighted by Crippen LogP contribution is 2.26. The van der Waals surface area contributed by atoms with Gasteiger partial charge in [0.25, 0.3) is 5.91 Å². The van der Waals surface area contributed by atoms with E-state index in [0.717, 1.165) is 16.9 Å². The molecule has 1 atom stereocenters. The molecule has 2 rings (SSSR count). The molecule has 21 heavy (non-hydrogen) atoms. The number of amides is 1. The molecule has 0 aliphatic heterocycles. The van der Waals surface area contributed by atoms with Crippen LogP contribution >= 0.6 is 11.6 Å². The van der Waals surface area contributed by atoms with Crippen molar-refractivity contribution in [1.29, 1.82) is 0 Å². The molecule has 110 valence electrons. The fraction of sp³-hybridized carbons (Fsp3) is 0.250. The molecule has 5 heteroatoms. The number of ether oxygens (including phenoxy) is 1. The SMILES string of the molecule is COc1ccc(C)cc1C(C)NC(=O)c1cnccc1Cl. The fourth-order valence-corrected chi connectivity index (χ4v) is 2.28. The molecule has 2 aromatic rings. The zero-order valence-electron chi connectivity index (χ0n) is 12.2. The van der Waals surface area contributed by atoms with Gasteiger partial charge in [0.1, 0.15) is 5.75 Å². The Morgan fingerprint density at radius 2 is 2.14 bits per heavy atom. The third kappa shape index (κ3) is 3.52. The number of carbonyl (C=O) groups is 1. The summed E-state index contributed by atoms with van der Waals surface area (Å²) in [5.74, 6) is 0.481. The monoisotopic (exact) mass is 304 g/mol. The van der Waals surface area contributed by atoms with E-state index in [1.165, 1.54) is 6.20 Å². The van der Waals surface area contributed by atoms with Crippen LogP contribution in [0.25, 0.3) is 0 Å². The molecule has 1 aromatic carbocycles. The second-order valence-electron chi connectivity index (χ2n) is 4.80. The molecule has 0 saturated heterocycles. The number of hydrogen-bond donors (Lipinski definition) is 1. The number of aromatic nitrogens is 1. The van der Waals surface area contributed by atoms with E-state index in [0.29, 0.717) is 10.6 Å². The standard InChI is InChI=1S/C16H17ClN2O2/c1-10-4-5-15(21-3)12(8-10)11(2)19-16(20)13-9-18-7-6-14(13)17/h4-9,11H,1-3H3,(H,19,20). The van der Waals surface area contributed by atoms with Crippen LogP contribution < -0.4 is 10.1 Å². The third-order valence-electron chi connectivity index (χ3n) is 3.21. The number of halogens is 1. The molecule has 0 aliphatic rings. The number of methoxy groups -OCH3 is 1. The Morgan fingerprint density at radius 3 is 2.81 bits per heavy atom. The Morgan fingerprint density at radius 1 is 1.38 bits per heavy atom. The first-order chi connectivity index (χ1) is 10.0.